The van der Waals surface area contributed by atoms with Crippen LogP contribution in [-0.2, 0) is 13.0 Å². The summed E-state index contributed by atoms with van der Waals surface area (Å²) in [5.74, 6) is 0. The molecular weight excluding hydrogens is 408 g/mol. The Kier molecular flexibility index (Phi) is 6.13. The van der Waals surface area contributed by atoms with Crippen LogP contribution in [0.5, 0.6) is 0 Å². The predicted molar refractivity (Wildman–Crippen MR) is 138 cm³/mol. The number of aromatic nitrogens is 1. The van der Waals surface area contributed by atoms with Crippen molar-refractivity contribution in [3.63, 3.8) is 0 Å². The predicted octanol–water partition coefficient (Wildman–Crippen LogP) is 4.74. The molecule has 1 fully saturated rings. The fourth-order valence-corrected chi connectivity index (χ4v) is 4.47. The van der Waals surface area contributed by atoms with Gasteiger partial charge in [0.1, 0.15) is 0 Å². The fraction of sp³-hybridized carbons (Fsp3) is 0.250. The lowest BCUT2D eigenvalue weighted by molar-refractivity contribution is 0.313. The van der Waals surface area contributed by atoms with Gasteiger partial charge in [-0.3, -0.25) is 4.79 Å². The maximum atomic E-state index is 12.7. The van der Waals surface area contributed by atoms with E-state index in [1.54, 1.807) is 6.07 Å². The van der Waals surface area contributed by atoms with Crippen molar-refractivity contribution < 1.29 is 0 Å². The molecule has 1 aromatic heterocycles. The third-order valence-electron chi connectivity index (χ3n) is 6.48. The maximum absolute atomic E-state index is 12.7. The zero-order chi connectivity index (χ0) is 22.6. The lowest BCUT2D eigenvalue weighted by atomic mass is 10.1. The molecule has 2 heterocycles. The highest BCUT2D eigenvalue weighted by atomic mass is 16.1. The van der Waals surface area contributed by atoms with Crippen LogP contribution < -0.4 is 15.8 Å². The summed E-state index contributed by atoms with van der Waals surface area (Å²) in [6.07, 6.45) is 0.825. The van der Waals surface area contributed by atoms with Gasteiger partial charge in [-0.1, -0.05) is 36.4 Å². The Morgan fingerprint density at radius 3 is 2.24 bits per heavy atom. The zero-order valence-corrected chi connectivity index (χ0v) is 19.1. The van der Waals surface area contributed by atoms with Crippen molar-refractivity contribution in [1.29, 1.82) is 0 Å². The van der Waals surface area contributed by atoms with Crippen LogP contribution in [0.25, 0.3) is 10.9 Å². The Morgan fingerprint density at radius 2 is 1.48 bits per heavy atom. The van der Waals surface area contributed by atoms with E-state index in [9.17, 15) is 4.79 Å². The van der Waals surface area contributed by atoms with E-state index in [1.807, 2.05) is 28.8 Å². The molecule has 1 saturated heterocycles. The molecule has 1 aliphatic rings. The number of aryl methyl sites for hydroxylation is 2. The molecule has 1 N–H and O–H groups in total. The highest BCUT2D eigenvalue weighted by Gasteiger charge is 2.14. The molecule has 4 aromatic rings. The summed E-state index contributed by atoms with van der Waals surface area (Å²) in [5, 5.41) is 4.58. The molecule has 168 valence electrons. The summed E-state index contributed by atoms with van der Waals surface area (Å²) in [6, 6.07) is 28.7. The molecule has 5 rings (SSSR count). The topological polar surface area (TPSA) is 40.5 Å². The van der Waals surface area contributed by atoms with Gasteiger partial charge in [-0.2, -0.15) is 0 Å². The van der Waals surface area contributed by atoms with Crippen LogP contribution in [0.2, 0.25) is 0 Å². The summed E-state index contributed by atoms with van der Waals surface area (Å²) in [6.45, 7) is 4.98. The molecule has 0 unspecified atom stereocenters. The Bertz CT molecular complexity index is 1270. The van der Waals surface area contributed by atoms with Gasteiger partial charge in [-0.15, -0.1) is 0 Å². The third-order valence-corrected chi connectivity index (χ3v) is 6.48. The van der Waals surface area contributed by atoms with E-state index in [1.165, 1.54) is 11.3 Å². The molecule has 1 aliphatic heterocycles. The first-order valence-corrected chi connectivity index (χ1v) is 11.6. The fourth-order valence-electron chi connectivity index (χ4n) is 4.47. The Labute approximate surface area is 194 Å². The van der Waals surface area contributed by atoms with Crippen molar-refractivity contribution in [2.45, 2.75) is 13.0 Å². The van der Waals surface area contributed by atoms with E-state index in [0.29, 0.717) is 6.54 Å². The summed E-state index contributed by atoms with van der Waals surface area (Å²) in [7, 11) is 2.18. The summed E-state index contributed by atoms with van der Waals surface area (Å²) in [4.78, 5) is 17.5. The molecule has 0 spiro atoms. The third kappa shape index (κ3) is 4.94. The van der Waals surface area contributed by atoms with E-state index in [-0.39, 0.29) is 5.56 Å². The van der Waals surface area contributed by atoms with Crippen molar-refractivity contribution in [3.8, 4) is 0 Å². The highest BCUT2D eigenvalue weighted by Crippen LogP contribution is 2.24. The summed E-state index contributed by atoms with van der Waals surface area (Å²) >= 11 is 0. The molecule has 0 radical (unpaired) electrons. The minimum atomic E-state index is 0.0344. The average Bonchev–Trinajstić information content (AvgIpc) is 2.85. The van der Waals surface area contributed by atoms with E-state index >= 15 is 0 Å². The number of anilines is 3. The van der Waals surface area contributed by atoms with Crippen LogP contribution >= 0.6 is 0 Å². The molecule has 0 atom stereocenters. The van der Waals surface area contributed by atoms with Gasteiger partial charge >= 0.3 is 0 Å². The van der Waals surface area contributed by atoms with Gasteiger partial charge in [0, 0.05) is 55.9 Å². The number of pyridine rings is 1. The number of benzene rings is 3. The van der Waals surface area contributed by atoms with Crippen molar-refractivity contribution in [2.24, 2.45) is 0 Å². The monoisotopic (exact) mass is 438 g/mol. The number of rotatable bonds is 6. The van der Waals surface area contributed by atoms with Crippen molar-refractivity contribution in [2.75, 3.05) is 43.4 Å². The second-order valence-electron chi connectivity index (χ2n) is 8.79. The number of nitrogens with one attached hydrogen (secondary N) is 1. The second-order valence-corrected chi connectivity index (χ2v) is 8.79. The van der Waals surface area contributed by atoms with E-state index in [2.05, 4.69) is 76.8 Å². The van der Waals surface area contributed by atoms with Gasteiger partial charge in [0.2, 0.25) is 0 Å². The number of hydrogen-bond acceptors (Lipinski definition) is 4. The van der Waals surface area contributed by atoms with Crippen LogP contribution in [0, 0.1) is 0 Å². The van der Waals surface area contributed by atoms with Crippen LogP contribution in [-0.4, -0.2) is 42.7 Å². The summed E-state index contributed by atoms with van der Waals surface area (Å²) < 4.78 is 1.88. The van der Waals surface area contributed by atoms with Gasteiger partial charge in [0.05, 0.1) is 5.52 Å². The van der Waals surface area contributed by atoms with E-state index in [0.717, 1.165) is 54.9 Å². The van der Waals surface area contributed by atoms with Gasteiger partial charge < -0.3 is 19.7 Å². The Hall–Kier alpha value is -3.57. The first kappa shape index (κ1) is 21.3. The molecule has 0 amide bonds. The minimum absolute atomic E-state index is 0.0344. The smallest absolute Gasteiger partial charge is 0.251 e. The molecular formula is C28H30N4O. The molecule has 5 nitrogen and oxygen atoms in total. The van der Waals surface area contributed by atoms with Crippen LogP contribution in [0.1, 0.15) is 5.56 Å². The first-order valence-electron chi connectivity index (χ1n) is 11.6. The van der Waals surface area contributed by atoms with Crippen molar-refractivity contribution in [1.82, 2.24) is 9.47 Å². The molecule has 0 aliphatic carbocycles. The van der Waals surface area contributed by atoms with E-state index < -0.39 is 0 Å². The van der Waals surface area contributed by atoms with E-state index in [4.69, 9.17) is 0 Å². The molecule has 0 bridgehead atoms. The largest absolute Gasteiger partial charge is 0.369 e. The number of piperazine rings is 1. The molecule has 0 saturated carbocycles. The van der Waals surface area contributed by atoms with Crippen LogP contribution in [0.15, 0.2) is 89.7 Å². The second kappa shape index (κ2) is 9.51. The molecule has 5 heteroatoms. The number of hydrogen-bond donors (Lipinski definition) is 1. The van der Waals surface area contributed by atoms with Gasteiger partial charge in [0.25, 0.3) is 5.56 Å². The maximum Gasteiger partial charge on any atom is 0.251 e. The van der Waals surface area contributed by atoms with Gasteiger partial charge in [-0.05, 0) is 66.9 Å². The van der Waals surface area contributed by atoms with Crippen molar-refractivity contribution in [3.05, 3.63) is 101 Å². The molecule has 3 aromatic carbocycles. The average molecular weight is 439 g/mol. The Morgan fingerprint density at radius 1 is 0.788 bits per heavy atom. The van der Waals surface area contributed by atoms with Gasteiger partial charge in [-0.25, -0.2) is 0 Å². The zero-order valence-electron chi connectivity index (χ0n) is 19.1. The number of fused-ring (bicyclic) bond motifs is 1. The molecule has 33 heavy (non-hydrogen) atoms. The normalized spacial score (nSPS) is 14.5. The Balaban J connectivity index is 1.35. The standard InChI is InChI=1S/C28H30N4O/c1-30-17-19-31(20-18-30)26-12-10-24(11-13-26)29-25-9-7-23-8-14-28(33)32(27(23)21-25)16-15-22-5-3-2-4-6-22/h2-14,21,29H,15-20H2,1H3. The number of likely N-dealkylation sites (N-methyl/N-ethyl adjacent to an activating group) is 1. The number of nitrogens with zero attached hydrogens (tertiary/aromatic N) is 3. The summed E-state index contributed by atoms with van der Waals surface area (Å²) in [5.41, 5.74) is 5.51. The lowest BCUT2D eigenvalue weighted by Crippen LogP contribution is -2.44. The SMILES string of the molecule is CN1CCN(c2ccc(Nc3ccc4ccc(=O)n(CCc5ccccc5)c4c3)cc2)CC1. The lowest BCUT2D eigenvalue weighted by Gasteiger charge is -2.34. The highest BCUT2D eigenvalue weighted by molar-refractivity contribution is 5.83. The van der Waals surface area contributed by atoms with Gasteiger partial charge in [0.15, 0.2) is 0 Å². The first-order chi connectivity index (χ1) is 16.2. The minimum Gasteiger partial charge on any atom is -0.369 e. The van der Waals surface area contributed by atoms with Crippen molar-refractivity contribution >= 4 is 28.0 Å². The van der Waals surface area contributed by atoms with Crippen LogP contribution in [0.4, 0.5) is 17.1 Å². The quantitative estimate of drug-likeness (QED) is 0.472. The van der Waals surface area contributed by atoms with Crippen LogP contribution in [0.3, 0.4) is 0 Å².